The number of H-pyrrole nitrogens is 1. The van der Waals surface area contributed by atoms with Crippen LogP contribution in [-0.2, 0) is 16.1 Å². The molecule has 1 atom stereocenters. The minimum atomic E-state index is -0.325. The Balaban J connectivity index is 1.76. The number of carbonyl (C=O) groups excluding carboxylic acids is 1. The first-order chi connectivity index (χ1) is 13.1. The van der Waals surface area contributed by atoms with Crippen LogP contribution in [0.4, 0.5) is 0 Å². The Morgan fingerprint density at radius 1 is 1.11 bits per heavy atom. The highest BCUT2D eigenvalue weighted by atomic mass is 16.5. The number of esters is 1. The second-order valence-electron chi connectivity index (χ2n) is 6.62. The SMILES string of the molecule is COC(=O)[C@@H](NCc1ccc(-c2ccccc2-c2nnn[nH]2)cc1)C(C)C. The van der Waals surface area contributed by atoms with Gasteiger partial charge in [0.25, 0.3) is 0 Å². The molecule has 1 aromatic heterocycles. The van der Waals surface area contributed by atoms with E-state index in [2.05, 4.69) is 38.1 Å². The Morgan fingerprint density at radius 2 is 1.81 bits per heavy atom. The molecule has 0 unspecified atom stereocenters. The molecular formula is C20H23N5O2. The summed E-state index contributed by atoms with van der Waals surface area (Å²) >= 11 is 0. The number of aromatic nitrogens is 4. The van der Waals surface area contributed by atoms with Gasteiger partial charge in [-0.25, -0.2) is 5.10 Å². The van der Waals surface area contributed by atoms with E-state index in [-0.39, 0.29) is 17.9 Å². The van der Waals surface area contributed by atoms with Crippen LogP contribution in [0, 0.1) is 5.92 Å². The lowest BCUT2D eigenvalue weighted by Gasteiger charge is -2.20. The highest BCUT2D eigenvalue weighted by molar-refractivity contribution is 5.80. The van der Waals surface area contributed by atoms with Gasteiger partial charge >= 0.3 is 5.97 Å². The largest absolute Gasteiger partial charge is 0.468 e. The molecule has 2 N–H and O–H groups in total. The molecule has 3 rings (SSSR count). The van der Waals surface area contributed by atoms with E-state index in [1.165, 1.54) is 7.11 Å². The Kier molecular flexibility index (Phi) is 5.93. The Morgan fingerprint density at radius 3 is 2.41 bits per heavy atom. The van der Waals surface area contributed by atoms with Crippen LogP contribution in [0.1, 0.15) is 19.4 Å². The molecule has 0 aliphatic heterocycles. The van der Waals surface area contributed by atoms with Crippen LogP contribution in [0.2, 0.25) is 0 Å². The number of benzene rings is 2. The average molecular weight is 365 g/mol. The third-order valence-corrected chi connectivity index (χ3v) is 4.44. The second-order valence-corrected chi connectivity index (χ2v) is 6.62. The summed E-state index contributed by atoms with van der Waals surface area (Å²) in [5.74, 6) is 0.546. The number of nitrogens with zero attached hydrogens (tertiary/aromatic N) is 3. The number of ether oxygens (including phenoxy) is 1. The van der Waals surface area contributed by atoms with Crippen LogP contribution >= 0.6 is 0 Å². The van der Waals surface area contributed by atoms with E-state index in [1.54, 1.807) is 0 Å². The van der Waals surface area contributed by atoms with E-state index in [1.807, 2.05) is 50.2 Å². The van der Waals surface area contributed by atoms with Gasteiger partial charge in [-0.3, -0.25) is 4.79 Å². The summed E-state index contributed by atoms with van der Waals surface area (Å²) in [4.78, 5) is 11.9. The van der Waals surface area contributed by atoms with Crippen LogP contribution in [0.5, 0.6) is 0 Å². The molecule has 0 amide bonds. The molecule has 7 heteroatoms. The van der Waals surface area contributed by atoms with Crippen LogP contribution < -0.4 is 5.32 Å². The number of methoxy groups -OCH3 is 1. The monoisotopic (exact) mass is 365 g/mol. The van der Waals surface area contributed by atoms with Gasteiger partial charge in [0, 0.05) is 12.1 Å². The lowest BCUT2D eigenvalue weighted by Crippen LogP contribution is -2.41. The van der Waals surface area contributed by atoms with Gasteiger partial charge in [-0.15, -0.1) is 5.10 Å². The van der Waals surface area contributed by atoms with E-state index in [4.69, 9.17) is 4.74 Å². The summed E-state index contributed by atoms with van der Waals surface area (Å²) in [6.45, 7) is 4.58. The predicted molar refractivity (Wildman–Crippen MR) is 103 cm³/mol. The van der Waals surface area contributed by atoms with Gasteiger partial charge < -0.3 is 10.1 Å². The minimum absolute atomic E-state index is 0.152. The topological polar surface area (TPSA) is 92.8 Å². The maximum atomic E-state index is 11.9. The van der Waals surface area contributed by atoms with Crippen LogP contribution in [0.25, 0.3) is 22.5 Å². The maximum Gasteiger partial charge on any atom is 0.323 e. The number of hydrogen-bond acceptors (Lipinski definition) is 6. The summed E-state index contributed by atoms with van der Waals surface area (Å²) < 4.78 is 4.87. The lowest BCUT2D eigenvalue weighted by atomic mass is 9.98. The minimum Gasteiger partial charge on any atom is -0.468 e. The van der Waals surface area contributed by atoms with Gasteiger partial charge in [0.05, 0.1) is 7.11 Å². The first-order valence-corrected chi connectivity index (χ1v) is 8.83. The zero-order chi connectivity index (χ0) is 19.2. The molecule has 0 fully saturated rings. The number of rotatable bonds is 7. The molecule has 1 heterocycles. The third kappa shape index (κ3) is 4.38. The molecule has 0 aliphatic carbocycles. The normalized spacial score (nSPS) is 12.1. The van der Waals surface area contributed by atoms with Crippen molar-refractivity contribution in [3.63, 3.8) is 0 Å². The van der Waals surface area contributed by atoms with Gasteiger partial charge in [-0.2, -0.15) is 0 Å². The lowest BCUT2D eigenvalue weighted by molar-refractivity contribution is -0.144. The van der Waals surface area contributed by atoms with Crippen molar-refractivity contribution in [1.82, 2.24) is 25.9 Å². The van der Waals surface area contributed by atoms with Crippen LogP contribution in [0.15, 0.2) is 48.5 Å². The average Bonchev–Trinajstić information content (AvgIpc) is 3.23. The third-order valence-electron chi connectivity index (χ3n) is 4.44. The van der Waals surface area contributed by atoms with Crippen molar-refractivity contribution in [3.8, 4) is 22.5 Å². The van der Waals surface area contributed by atoms with Gasteiger partial charge in [-0.1, -0.05) is 62.4 Å². The van der Waals surface area contributed by atoms with Crippen molar-refractivity contribution in [2.75, 3.05) is 7.11 Å². The molecule has 2 aromatic carbocycles. The smallest absolute Gasteiger partial charge is 0.323 e. The van der Waals surface area contributed by atoms with E-state index in [0.29, 0.717) is 12.4 Å². The zero-order valence-corrected chi connectivity index (χ0v) is 15.6. The maximum absolute atomic E-state index is 11.9. The molecule has 0 bridgehead atoms. The van der Waals surface area contributed by atoms with E-state index >= 15 is 0 Å². The molecule has 0 spiro atoms. The van der Waals surface area contributed by atoms with E-state index in [0.717, 1.165) is 22.3 Å². The first kappa shape index (κ1) is 18.7. The number of carbonyl (C=O) groups is 1. The summed E-state index contributed by atoms with van der Waals surface area (Å²) in [5.41, 5.74) is 4.15. The number of hydrogen-bond donors (Lipinski definition) is 2. The van der Waals surface area contributed by atoms with E-state index in [9.17, 15) is 4.79 Å². The van der Waals surface area contributed by atoms with Gasteiger partial charge in [0.15, 0.2) is 5.82 Å². The van der Waals surface area contributed by atoms with Crippen LogP contribution in [-0.4, -0.2) is 39.7 Å². The predicted octanol–water partition coefficient (Wildman–Crippen LogP) is 2.82. The molecule has 0 saturated heterocycles. The Hall–Kier alpha value is -3.06. The van der Waals surface area contributed by atoms with Crippen molar-refractivity contribution in [2.45, 2.75) is 26.4 Å². The summed E-state index contributed by atoms with van der Waals surface area (Å²) in [6, 6.07) is 15.9. The Bertz CT molecular complexity index is 876. The number of tetrazole rings is 1. The standard InChI is InChI=1S/C20H23N5O2/c1-13(2)18(20(26)27-3)21-12-14-8-10-15(11-9-14)16-6-4-5-7-17(16)19-22-24-25-23-19/h4-11,13,18,21H,12H2,1-3H3,(H,22,23,24,25)/t18-/m0/s1. The summed E-state index contributed by atoms with van der Waals surface area (Å²) in [6.07, 6.45) is 0. The molecular weight excluding hydrogens is 342 g/mol. The van der Waals surface area contributed by atoms with Gasteiger partial charge in [-0.05, 0) is 33.0 Å². The van der Waals surface area contributed by atoms with Crippen molar-refractivity contribution >= 4 is 5.97 Å². The molecule has 140 valence electrons. The van der Waals surface area contributed by atoms with Gasteiger partial charge in [0.1, 0.15) is 6.04 Å². The molecule has 3 aromatic rings. The van der Waals surface area contributed by atoms with Crippen LogP contribution in [0.3, 0.4) is 0 Å². The zero-order valence-electron chi connectivity index (χ0n) is 15.6. The van der Waals surface area contributed by atoms with Crippen molar-refractivity contribution in [3.05, 3.63) is 54.1 Å². The summed E-state index contributed by atoms with van der Waals surface area (Å²) in [5, 5.41) is 17.4. The van der Waals surface area contributed by atoms with Crippen molar-refractivity contribution < 1.29 is 9.53 Å². The Labute approximate surface area is 158 Å². The van der Waals surface area contributed by atoms with Gasteiger partial charge in [0.2, 0.25) is 0 Å². The molecule has 7 nitrogen and oxygen atoms in total. The molecule has 0 radical (unpaired) electrons. The first-order valence-electron chi connectivity index (χ1n) is 8.83. The molecule has 0 aliphatic rings. The quantitative estimate of drug-likeness (QED) is 0.626. The molecule has 0 saturated carbocycles. The molecule has 27 heavy (non-hydrogen) atoms. The van der Waals surface area contributed by atoms with Crippen molar-refractivity contribution in [1.29, 1.82) is 0 Å². The van der Waals surface area contributed by atoms with E-state index < -0.39 is 0 Å². The number of nitrogens with one attached hydrogen (secondary N) is 2. The highest BCUT2D eigenvalue weighted by Gasteiger charge is 2.22. The van der Waals surface area contributed by atoms with Crippen molar-refractivity contribution in [2.24, 2.45) is 5.92 Å². The highest BCUT2D eigenvalue weighted by Crippen LogP contribution is 2.29. The fourth-order valence-electron chi connectivity index (χ4n) is 2.96. The fourth-order valence-corrected chi connectivity index (χ4v) is 2.96. The second kappa shape index (κ2) is 8.55. The number of aromatic amines is 1. The summed E-state index contributed by atoms with van der Waals surface area (Å²) in [7, 11) is 1.41. The fraction of sp³-hybridized carbons (Fsp3) is 0.300.